The minimum atomic E-state index is -0.226. The Morgan fingerprint density at radius 1 is 1.20 bits per heavy atom. The Morgan fingerprint density at radius 3 is 2.40 bits per heavy atom. The van der Waals surface area contributed by atoms with Crippen molar-refractivity contribution in [3.05, 3.63) is 54.0 Å². The third-order valence-corrected chi connectivity index (χ3v) is 3.43. The SMILES string of the molecule is CCN(c1ccc(F)cc1)c1ccc(C(C)NC)cn1. The monoisotopic (exact) mass is 273 g/mol. The van der Waals surface area contributed by atoms with E-state index < -0.39 is 0 Å². The number of pyridine rings is 1. The van der Waals surface area contributed by atoms with Crippen LogP contribution in [0.15, 0.2) is 42.6 Å². The van der Waals surface area contributed by atoms with E-state index in [9.17, 15) is 4.39 Å². The second-order valence-corrected chi connectivity index (χ2v) is 4.68. The van der Waals surface area contributed by atoms with Crippen LogP contribution in [0.1, 0.15) is 25.5 Å². The average molecular weight is 273 g/mol. The summed E-state index contributed by atoms with van der Waals surface area (Å²) >= 11 is 0. The van der Waals surface area contributed by atoms with Gasteiger partial charge in [-0.05, 0) is 56.8 Å². The highest BCUT2D eigenvalue weighted by atomic mass is 19.1. The summed E-state index contributed by atoms with van der Waals surface area (Å²) in [5.41, 5.74) is 2.09. The Kier molecular flexibility index (Phi) is 4.69. The second kappa shape index (κ2) is 6.48. The molecule has 0 radical (unpaired) electrons. The van der Waals surface area contributed by atoms with E-state index in [1.807, 2.05) is 24.2 Å². The molecular formula is C16H20FN3. The molecule has 2 rings (SSSR count). The summed E-state index contributed by atoms with van der Waals surface area (Å²) in [5, 5.41) is 3.19. The zero-order valence-corrected chi connectivity index (χ0v) is 12.1. The molecule has 1 heterocycles. The van der Waals surface area contributed by atoms with E-state index in [1.54, 1.807) is 12.1 Å². The predicted molar refractivity (Wildman–Crippen MR) is 80.8 cm³/mol. The maximum Gasteiger partial charge on any atom is 0.132 e. The van der Waals surface area contributed by atoms with E-state index in [4.69, 9.17) is 0 Å². The number of benzene rings is 1. The molecule has 0 saturated heterocycles. The van der Waals surface area contributed by atoms with E-state index in [0.29, 0.717) is 0 Å². The highest BCUT2D eigenvalue weighted by Gasteiger charge is 2.10. The lowest BCUT2D eigenvalue weighted by molar-refractivity contribution is 0.627. The fourth-order valence-electron chi connectivity index (χ4n) is 2.08. The zero-order valence-electron chi connectivity index (χ0n) is 12.1. The fourth-order valence-corrected chi connectivity index (χ4v) is 2.08. The summed E-state index contributed by atoms with van der Waals surface area (Å²) in [4.78, 5) is 6.56. The molecule has 20 heavy (non-hydrogen) atoms. The molecule has 0 saturated carbocycles. The van der Waals surface area contributed by atoms with Crippen LogP contribution in [0.3, 0.4) is 0 Å². The van der Waals surface area contributed by atoms with Crippen molar-refractivity contribution in [2.45, 2.75) is 19.9 Å². The molecule has 0 aliphatic rings. The van der Waals surface area contributed by atoms with Gasteiger partial charge < -0.3 is 10.2 Å². The first-order valence-electron chi connectivity index (χ1n) is 6.82. The van der Waals surface area contributed by atoms with Crippen LogP contribution in [-0.4, -0.2) is 18.6 Å². The molecule has 1 aromatic carbocycles. The van der Waals surface area contributed by atoms with Crippen molar-refractivity contribution in [1.82, 2.24) is 10.3 Å². The molecule has 0 spiro atoms. The van der Waals surface area contributed by atoms with E-state index >= 15 is 0 Å². The number of anilines is 2. The van der Waals surface area contributed by atoms with Gasteiger partial charge in [0.2, 0.25) is 0 Å². The van der Waals surface area contributed by atoms with Crippen molar-refractivity contribution < 1.29 is 4.39 Å². The van der Waals surface area contributed by atoms with Gasteiger partial charge >= 0.3 is 0 Å². The molecule has 0 aliphatic heterocycles. The second-order valence-electron chi connectivity index (χ2n) is 4.68. The molecular weight excluding hydrogens is 253 g/mol. The van der Waals surface area contributed by atoms with Gasteiger partial charge in [0, 0.05) is 24.5 Å². The fraction of sp³-hybridized carbons (Fsp3) is 0.312. The maximum absolute atomic E-state index is 13.0. The topological polar surface area (TPSA) is 28.2 Å². The van der Waals surface area contributed by atoms with Crippen molar-refractivity contribution in [2.24, 2.45) is 0 Å². The molecule has 0 aliphatic carbocycles. The minimum Gasteiger partial charge on any atom is -0.327 e. The number of aromatic nitrogens is 1. The van der Waals surface area contributed by atoms with Crippen LogP contribution in [0.2, 0.25) is 0 Å². The molecule has 1 atom stereocenters. The van der Waals surface area contributed by atoms with Crippen LogP contribution in [0.5, 0.6) is 0 Å². The van der Waals surface area contributed by atoms with Gasteiger partial charge in [0.05, 0.1) is 0 Å². The largest absolute Gasteiger partial charge is 0.327 e. The van der Waals surface area contributed by atoms with E-state index in [-0.39, 0.29) is 11.9 Å². The molecule has 2 aromatic rings. The van der Waals surface area contributed by atoms with E-state index in [0.717, 1.165) is 23.6 Å². The van der Waals surface area contributed by atoms with Crippen LogP contribution in [0, 0.1) is 5.82 Å². The molecule has 1 N–H and O–H groups in total. The van der Waals surface area contributed by atoms with Gasteiger partial charge in [-0.1, -0.05) is 6.07 Å². The van der Waals surface area contributed by atoms with Gasteiger partial charge in [0.1, 0.15) is 11.6 Å². The number of rotatable bonds is 5. The van der Waals surface area contributed by atoms with Crippen LogP contribution in [-0.2, 0) is 0 Å². The normalized spacial score (nSPS) is 12.2. The Morgan fingerprint density at radius 2 is 1.90 bits per heavy atom. The first-order chi connectivity index (χ1) is 9.65. The molecule has 4 heteroatoms. The Labute approximate surface area is 119 Å². The summed E-state index contributed by atoms with van der Waals surface area (Å²) in [7, 11) is 1.93. The van der Waals surface area contributed by atoms with Gasteiger partial charge in [-0.2, -0.15) is 0 Å². The first-order valence-corrected chi connectivity index (χ1v) is 6.82. The summed E-state index contributed by atoms with van der Waals surface area (Å²) in [6.07, 6.45) is 1.88. The quantitative estimate of drug-likeness (QED) is 0.901. The molecule has 0 fully saturated rings. The Bertz CT molecular complexity index is 537. The maximum atomic E-state index is 13.0. The number of halogens is 1. The van der Waals surface area contributed by atoms with Crippen LogP contribution >= 0.6 is 0 Å². The Balaban J connectivity index is 2.25. The molecule has 3 nitrogen and oxygen atoms in total. The molecule has 1 unspecified atom stereocenters. The van der Waals surface area contributed by atoms with Crippen molar-refractivity contribution in [1.29, 1.82) is 0 Å². The molecule has 0 amide bonds. The number of nitrogens with zero attached hydrogens (tertiary/aromatic N) is 2. The predicted octanol–water partition coefficient (Wildman–Crippen LogP) is 3.66. The van der Waals surface area contributed by atoms with Crippen LogP contribution in [0.4, 0.5) is 15.9 Å². The number of hydrogen-bond donors (Lipinski definition) is 1. The molecule has 106 valence electrons. The third kappa shape index (κ3) is 3.14. The van der Waals surface area contributed by atoms with Gasteiger partial charge in [-0.15, -0.1) is 0 Å². The van der Waals surface area contributed by atoms with Gasteiger partial charge in [0.25, 0.3) is 0 Å². The van der Waals surface area contributed by atoms with Crippen molar-refractivity contribution in [2.75, 3.05) is 18.5 Å². The first kappa shape index (κ1) is 14.5. The van der Waals surface area contributed by atoms with Crippen molar-refractivity contribution in [3.63, 3.8) is 0 Å². The minimum absolute atomic E-state index is 0.226. The smallest absolute Gasteiger partial charge is 0.132 e. The van der Waals surface area contributed by atoms with E-state index in [2.05, 4.69) is 30.2 Å². The van der Waals surface area contributed by atoms with Crippen molar-refractivity contribution in [3.8, 4) is 0 Å². The van der Waals surface area contributed by atoms with Gasteiger partial charge in [-0.25, -0.2) is 9.37 Å². The number of nitrogens with one attached hydrogen (secondary N) is 1. The lowest BCUT2D eigenvalue weighted by Crippen LogP contribution is -2.18. The lowest BCUT2D eigenvalue weighted by Gasteiger charge is -2.22. The van der Waals surface area contributed by atoms with Gasteiger partial charge in [0.15, 0.2) is 0 Å². The summed E-state index contributed by atoms with van der Waals surface area (Å²) in [6, 6.07) is 10.8. The summed E-state index contributed by atoms with van der Waals surface area (Å²) in [5.74, 6) is 0.641. The van der Waals surface area contributed by atoms with Gasteiger partial charge in [-0.3, -0.25) is 0 Å². The molecule has 1 aromatic heterocycles. The number of hydrogen-bond acceptors (Lipinski definition) is 3. The van der Waals surface area contributed by atoms with Crippen molar-refractivity contribution >= 4 is 11.5 Å². The standard InChI is InChI=1S/C16H20FN3/c1-4-20(15-8-6-14(17)7-9-15)16-10-5-13(11-19-16)12(2)18-3/h5-12,18H,4H2,1-3H3. The highest BCUT2D eigenvalue weighted by molar-refractivity contribution is 5.59. The zero-order chi connectivity index (χ0) is 14.5. The molecule has 0 bridgehead atoms. The summed E-state index contributed by atoms with van der Waals surface area (Å²) in [6.45, 7) is 4.92. The Hall–Kier alpha value is -1.94. The van der Waals surface area contributed by atoms with Crippen LogP contribution in [0.25, 0.3) is 0 Å². The van der Waals surface area contributed by atoms with E-state index in [1.165, 1.54) is 12.1 Å². The third-order valence-electron chi connectivity index (χ3n) is 3.43. The lowest BCUT2D eigenvalue weighted by atomic mass is 10.1. The average Bonchev–Trinajstić information content (AvgIpc) is 2.50. The van der Waals surface area contributed by atoms with Crippen LogP contribution < -0.4 is 10.2 Å². The summed E-state index contributed by atoms with van der Waals surface area (Å²) < 4.78 is 13.0. The highest BCUT2D eigenvalue weighted by Crippen LogP contribution is 2.24.